The van der Waals surface area contributed by atoms with Gasteiger partial charge in [0.1, 0.15) is 5.76 Å². The van der Waals surface area contributed by atoms with Crippen molar-refractivity contribution in [3.8, 4) is 0 Å². The number of nitrogens with two attached hydrogens (primary N) is 1. The van der Waals surface area contributed by atoms with Gasteiger partial charge in [0.25, 0.3) is 0 Å². The summed E-state index contributed by atoms with van der Waals surface area (Å²) in [6.45, 7) is 2.73. The molecule has 1 atom stereocenters. The highest BCUT2D eigenvalue weighted by Crippen LogP contribution is 2.30. The predicted molar refractivity (Wildman–Crippen MR) is 77.2 cm³/mol. The molecule has 3 aromatic rings. The van der Waals surface area contributed by atoms with E-state index in [1.807, 2.05) is 18.2 Å². The molecule has 0 aliphatic heterocycles. The zero-order chi connectivity index (χ0) is 13.2. The molecule has 0 amide bonds. The van der Waals surface area contributed by atoms with Gasteiger partial charge in [0.15, 0.2) is 0 Å². The van der Waals surface area contributed by atoms with Crippen molar-refractivity contribution in [2.24, 2.45) is 5.73 Å². The van der Waals surface area contributed by atoms with Gasteiger partial charge in [-0.15, -0.1) is 0 Å². The van der Waals surface area contributed by atoms with E-state index in [0.29, 0.717) is 6.54 Å². The molecule has 0 aliphatic rings. The van der Waals surface area contributed by atoms with Gasteiger partial charge in [-0.3, -0.25) is 0 Å². The first-order chi connectivity index (χ1) is 9.29. The van der Waals surface area contributed by atoms with Crippen molar-refractivity contribution in [1.29, 1.82) is 0 Å². The lowest BCUT2D eigenvalue weighted by Gasteiger charge is -2.14. The lowest BCUT2D eigenvalue weighted by molar-refractivity contribution is 0.487. The van der Waals surface area contributed by atoms with Crippen LogP contribution in [0.3, 0.4) is 0 Å². The van der Waals surface area contributed by atoms with Gasteiger partial charge in [0, 0.05) is 28.9 Å². The molecular weight excluding hydrogens is 236 g/mol. The third kappa shape index (κ3) is 2.17. The molecular formula is C16H18N2O. The number of aryl methyl sites for hydroxylation is 1. The fraction of sp³-hybridized carbons (Fsp3) is 0.250. The molecule has 1 aromatic carbocycles. The molecule has 3 nitrogen and oxygen atoms in total. The largest absolute Gasteiger partial charge is 0.469 e. The normalized spacial score (nSPS) is 12.9. The van der Waals surface area contributed by atoms with E-state index in [2.05, 4.69) is 30.1 Å². The van der Waals surface area contributed by atoms with Crippen molar-refractivity contribution in [2.45, 2.75) is 19.3 Å². The number of nitrogens with one attached hydrogen (secondary N) is 1. The number of benzene rings is 1. The van der Waals surface area contributed by atoms with Gasteiger partial charge >= 0.3 is 0 Å². The summed E-state index contributed by atoms with van der Waals surface area (Å²) in [4.78, 5) is 3.44. The van der Waals surface area contributed by atoms with Crippen LogP contribution in [0.1, 0.15) is 22.9 Å². The number of para-hydroxylation sites is 1. The average molecular weight is 254 g/mol. The molecule has 3 rings (SSSR count). The summed E-state index contributed by atoms with van der Waals surface area (Å²) < 4.78 is 5.45. The number of rotatable bonds is 4. The van der Waals surface area contributed by atoms with Crippen LogP contribution in [-0.2, 0) is 6.42 Å². The first-order valence-corrected chi connectivity index (χ1v) is 6.59. The Morgan fingerprint density at radius 2 is 2.05 bits per heavy atom. The summed E-state index contributed by atoms with van der Waals surface area (Å²) in [6.07, 6.45) is 2.55. The van der Waals surface area contributed by atoms with Crippen molar-refractivity contribution in [3.05, 3.63) is 59.7 Å². The first kappa shape index (κ1) is 12.1. The van der Waals surface area contributed by atoms with E-state index in [9.17, 15) is 0 Å². The summed E-state index contributed by atoms with van der Waals surface area (Å²) in [6, 6.07) is 12.3. The molecule has 0 aliphatic carbocycles. The molecule has 1 unspecified atom stereocenters. The summed E-state index contributed by atoms with van der Waals surface area (Å²) in [5, 5.41) is 1.27. The Morgan fingerprint density at radius 1 is 1.21 bits per heavy atom. The third-order valence-electron chi connectivity index (χ3n) is 3.66. The number of fused-ring (bicyclic) bond motifs is 1. The van der Waals surface area contributed by atoms with E-state index in [1.54, 1.807) is 6.26 Å². The standard InChI is InChI=1S/C16H18N2O/c1-11-16(14-6-2-3-7-15(14)18-11)12(10-17)9-13-5-4-8-19-13/h2-8,12,18H,9-10,17H2,1H3. The summed E-state index contributed by atoms with van der Waals surface area (Å²) in [5.74, 6) is 1.27. The van der Waals surface area contributed by atoms with E-state index >= 15 is 0 Å². The van der Waals surface area contributed by atoms with Gasteiger partial charge in [0.2, 0.25) is 0 Å². The van der Waals surface area contributed by atoms with E-state index < -0.39 is 0 Å². The fourth-order valence-electron chi connectivity index (χ4n) is 2.80. The van der Waals surface area contributed by atoms with Crippen molar-refractivity contribution in [2.75, 3.05) is 6.54 Å². The molecule has 3 N–H and O–H groups in total. The number of hydrogen-bond donors (Lipinski definition) is 2. The molecule has 0 radical (unpaired) electrons. The lowest BCUT2D eigenvalue weighted by atomic mass is 9.92. The molecule has 0 spiro atoms. The lowest BCUT2D eigenvalue weighted by Crippen LogP contribution is -2.15. The Kier molecular flexibility index (Phi) is 3.13. The van der Waals surface area contributed by atoms with Crippen LogP contribution in [0.15, 0.2) is 47.1 Å². The highest BCUT2D eigenvalue weighted by molar-refractivity contribution is 5.85. The van der Waals surface area contributed by atoms with E-state index in [4.69, 9.17) is 10.2 Å². The predicted octanol–water partition coefficient (Wildman–Crippen LogP) is 3.35. The number of aromatic nitrogens is 1. The smallest absolute Gasteiger partial charge is 0.104 e. The second kappa shape index (κ2) is 4.94. The monoisotopic (exact) mass is 254 g/mol. The van der Waals surface area contributed by atoms with Gasteiger partial charge in [-0.1, -0.05) is 18.2 Å². The molecule has 3 heteroatoms. The van der Waals surface area contributed by atoms with E-state index in [-0.39, 0.29) is 5.92 Å². The van der Waals surface area contributed by atoms with Gasteiger partial charge in [0.05, 0.1) is 6.26 Å². The SMILES string of the molecule is Cc1[nH]c2ccccc2c1C(CN)Cc1ccco1. The molecule has 0 saturated heterocycles. The topological polar surface area (TPSA) is 55.0 Å². The van der Waals surface area contributed by atoms with Gasteiger partial charge in [-0.2, -0.15) is 0 Å². The highest BCUT2D eigenvalue weighted by atomic mass is 16.3. The number of furan rings is 1. The van der Waals surface area contributed by atoms with Crippen LogP contribution in [0.25, 0.3) is 10.9 Å². The maximum absolute atomic E-state index is 5.98. The van der Waals surface area contributed by atoms with E-state index in [1.165, 1.54) is 22.2 Å². The molecule has 2 heterocycles. The van der Waals surface area contributed by atoms with Crippen LogP contribution in [0, 0.1) is 6.92 Å². The number of aromatic amines is 1. The third-order valence-corrected chi connectivity index (χ3v) is 3.66. The molecule has 0 fully saturated rings. The second-order valence-electron chi connectivity index (χ2n) is 4.93. The first-order valence-electron chi connectivity index (χ1n) is 6.59. The van der Waals surface area contributed by atoms with Gasteiger partial charge in [-0.25, -0.2) is 0 Å². The van der Waals surface area contributed by atoms with Gasteiger partial charge in [-0.05, 0) is 37.2 Å². The summed E-state index contributed by atoms with van der Waals surface area (Å²) in [5.41, 5.74) is 9.67. The quantitative estimate of drug-likeness (QED) is 0.750. The van der Waals surface area contributed by atoms with Crippen LogP contribution in [-0.4, -0.2) is 11.5 Å². The minimum atomic E-state index is 0.280. The Labute approximate surface area is 112 Å². The molecule has 2 aromatic heterocycles. The fourth-order valence-corrected chi connectivity index (χ4v) is 2.80. The van der Waals surface area contributed by atoms with Crippen molar-refractivity contribution in [1.82, 2.24) is 4.98 Å². The van der Waals surface area contributed by atoms with Crippen molar-refractivity contribution in [3.63, 3.8) is 0 Å². The zero-order valence-corrected chi connectivity index (χ0v) is 11.0. The Balaban J connectivity index is 2.03. The summed E-state index contributed by atoms with van der Waals surface area (Å²) in [7, 11) is 0. The molecule has 0 bridgehead atoms. The Bertz CT molecular complexity index is 667. The minimum Gasteiger partial charge on any atom is -0.469 e. The van der Waals surface area contributed by atoms with Crippen molar-refractivity contribution >= 4 is 10.9 Å². The maximum Gasteiger partial charge on any atom is 0.104 e. The van der Waals surface area contributed by atoms with Crippen LogP contribution in [0.4, 0.5) is 0 Å². The van der Waals surface area contributed by atoms with Crippen LogP contribution in [0.5, 0.6) is 0 Å². The average Bonchev–Trinajstić information content (AvgIpc) is 3.02. The van der Waals surface area contributed by atoms with Crippen LogP contribution >= 0.6 is 0 Å². The molecule has 19 heavy (non-hydrogen) atoms. The minimum absolute atomic E-state index is 0.280. The highest BCUT2D eigenvalue weighted by Gasteiger charge is 2.19. The number of hydrogen-bond acceptors (Lipinski definition) is 2. The molecule has 0 saturated carbocycles. The second-order valence-corrected chi connectivity index (χ2v) is 4.93. The molecule has 98 valence electrons. The Hall–Kier alpha value is -2.00. The number of H-pyrrole nitrogens is 1. The Morgan fingerprint density at radius 3 is 2.79 bits per heavy atom. The maximum atomic E-state index is 5.98. The zero-order valence-electron chi connectivity index (χ0n) is 11.0. The van der Waals surface area contributed by atoms with Crippen molar-refractivity contribution < 1.29 is 4.42 Å². The van der Waals surface area contributed by atoms with Crippen LogP contribution < -0.4 is 5.73 Å². The van der Waals surface area contributed by atoms with Gasteiger partial charge < -0.3 is 15.1 Å². The van der Waals surface area contributed by atoms with Crippen LogP contribution in [0.2, 0.25) is 0 Å². The van der Waals surface area contributed by atoms with E-state index in [0.717, 1.165) is 12.2 Å². The summed E-state index contributed by atoms with van der Waals surface area (Å²) >= 11 is 0.